The molecule has 0 spiro atoms. The van der Waals surface area contributed by atoms with Crippen LogP contribution < -0.4 is 0 Å². The van der Waals surface area contributed by atoms with E-state index in [1.807, 2.05) is 6.08 Å². The summed E-state index contributed by atoms with van der Waals surface area (Å²) in [4.78, 5) is 23.5. The molecule has 162 valence electrons. The Morgan fingerprint density at radius 1 is 1.20 bits per heavy atom. The van der Waals surface area contributed by atoms with Gasteiger partial charge in [-0.3, -0.25) is 4.79 Å². The number of hydrogen-bond donors (Lipinski definition) is 2. The molecule has 5 saturated carbocycles. The zero-order chi connectivity index (χ0) is 20.8. The molecule has 0 radical (unpaired) electrons. The minimum atomic E-state index is -0.965. The first-order valence-electron chi connectivity index (χ1n) is 12.3. The van der Waals surface area contributed by atoms with E-state index in [2.05, 4.69) is 6.92 Å². The van der Waals surface area contributed by atoms with Gasteiger partial charge in [-0.1, -0.05) is 12.5 Å². The molecule has 5 fully saturated rings. The van der Waals surface area contributed by atoms with Crippen LogP contribution in [0.3, 0.4) is 0 Å². The number of allylic oxidation sites excluding steroid dienone is 1. The molecule has 6 rings (SSSR count). The van der Waals surface area contributed by atoms with Crippen LogP contribution >= 0.6 is 0 Å². The molecule has 0 saturated heterocycles. The first-order valence-corrected chi connectivity index (χ1v) is 12.3. The molecule has 0 aromatic heterocycles. The molecule has 2 N–H and O–H groups in total. The van der Waals surface area contributed by atoms with Crippen molar-refractivity contribution in [2.75, 3.05) is 0 Å². The summed E-state index contributed by atoms with van der Waals surface area (Å²) in [5.74, 6) is 3.99. The van der Waals surface area contributed by atoms with Gasteiger partial charge in [0.15, 0.2) is 5.78 Å². The highest BCUT2D eigenvalue weighted by atomic mass is 16.4. The molecule has 4 nitrogen and oxygen atoms in total. The fourth-order valence-corrected chi connectivity index (χ4v) is 9.29. The monoisotopic (exact) mass is 410 g/mol. The van der Waals surface area contributed by atoms with Crippen molar-refractivity contribution in [3.05, 3.63) is 23.8 Å². The maximum atomic E-state index is 12.2. The minimum Gasteiger partial charge on any atom is -0.478 e. The van der Waals surface area contributed by atoms with E-state index in [9.17, 15) is 19.8 Å². The molecule has 6 aliphatic rings. The first-order chi connectivity index (χ1) is 14.4. The van der Waals surface area contributed by atoms with E-state index in [1.54, 1.807) is 6.08 Å². The predicted octanol–water partition coefficient (Wildman–Crippen LogP) is 4.38. The Morgan fingerprint density at radius 3 is 2.70 bits per heavy atom. The highest BCUT2D eigenvalue weighted by molar-refractivity contribution is 5.91. The summed E-state index contributed by atoms with van der Waals surface area (Å²) in [5, 5.41) is 21.3. The number of carboxylic acid groups (broad SMARTS) is 1. The Balaban J connectivity index is 1.43. The van der Waals surface area contributed by atoms with Gasteiger partial charge in [0, 0.05) is 17.9 Å². The average Bonchev–Trinajstić information content (AvgIpc) is 3.63. The van der Waals surface area contributed by atoms with Crippen LogP contribution in [-0.4, -0.2) is 27.6 Å². The van der Waals surface area contributed by atoms with Gasteiger partial charge < -0.3 is 10.2 Å². The third-order valence-corrected chi connectivity index (χ3v) is 10.5. The Labute approximate surface area is 178 Å². The minimum absolute atomic E-state index is 0.174. The summed E-state index contributed by atoms with van der Waals surface area (Å²) in [6.07, 6.45) is 14.4. The fourth-order valence-electron chi connectivity index (χ4n) is 9.29. The molecule has 6 aliphatic carbocycles. The topological polar surface area (TPSA) is 74.6 Å². The number of hydrogen-bond acceptors (Lipinski definition) is 3. The summed E-state index contributed by atoms with van der Waals surface area (Å²) in [6.45, 7) is 2.22. The maximum absolute atomic E-state index is 12.2. The van der Waals surface area contributed by atoms with Crippen LogP contribution in [0.15, 0.2) is 23.8 Å². The van der Waals surface area contributed by atoms with Gasteiger partial charge in [0.25, 0.3) is 0 Å². The first kappa shape index (κ1) is 19.3. The van der Waals surface area contributed by atoms with Crippen LogP contribution in [0.5, 0.6) is 0 Å². The van der Waals surface area contributed by atoms with Crippen molar-refractivity contribution in [2.24, 2.45) is 52.8 Å². The van der Waals surface area contributed by atoms with Crippen molar-refractivity contribution < 1.29 is 19.8 Å². The van der Waals surface area contributed by atoms with Gasteiger partial charge in [0.05, 0.1) is 5.60 Å². The Kier molecular flexibility index (Phi) is 4.05. The van der Waals surface area contributed by atoms with Crippen molar-refractivity contribution in [3.63, 3.8) is 0 Å². The van der Waals surface area contributed by atoms with E-state index < -0.39 is 11.6 Å². The van der Waals surface area contributed by atoms with E-state index in [0.29, 0.717) is 47.7 Å². The predicted molar refractivity (Wildman–Crippen MR) is 112 cm³/mol. The van der Waals surface area contributed by atoms with Crippen molar-refractivity contribution in [3.8, 4) is 0 Å². The summed E-state index contributed by atoms with van der Waals surface area (Å²) in [6, 6.07) is 0. The second kappa shape index (κ2) is 6.31. The smallest absolute Gasteiger partial charge is 0.328 e. The number of aliphatic hydroxyl groups is 1. The lowest BCUT2D eigenvalue weighted by Gasteiger charge is -2.60. The lowest BCUT2D eigenvalue weighted by atomic mass is 9.45. The van der Waals surface area contributed by atoms with Crippen LogP contribution in [0.4, 0.5) is 0 Å². The van der Waals surface area contributed by atoms with Crippen molar-refractivity contribution >= 4 is 11.8 Å². The maximum Gasteiger partial charge on any atom is 0.328 e. The zero-order valence-electron chi connectivity index (χ0n) is 17.9. The van der Waals surface area contributed by atoms with E-state index in [-0.39, 0.29) is 11.3 Å². The summed E-state index contributed by atoms with van der Waals surface area (Å²) in [7, 11) is 0. The normalized spacial score (nSPS) is 51.6. The summed E-state index contributed by atoms with van der Waals surface area (Å²) in [5.41, 5.74) is 0.305. The third-order valence-electron chi connectivity index (χ3n) is 10.5. The number of aliphatic carboxylic acids is 1. The number of carbonyl (C=O) groups is 2. The lowest BCUT2D eigenvalue weighted by molar-refractivity contribution is -0.141. The van der Waals surface area contributed by atoms with Gasteiger partial charge in [-0.2, -0.15) is 0 Å². The molecule has 0 bridgehead atoms. The number of carboxylic acids is 1. The van der Waals surface area contributed by atoms with Gasteiger partial charge in [-0.05, 0) is 111 Å². The molecule has 4 heteroatoms. The SMILES string of the molecule is CC[C@]12CC[C@H]3[C@H]([C@@H]1[C@H]1C[C@H]1[C@@]2(O)/C=C\C(=O)O)[C@@H](C1CC1)CC1=CC(=O)CC[C@@H]13. The molecule has 0 amide bonds. The van der Waals surface area contributed by atoms with E-state index in [1.165, 1.54) is 24.5 Å². The van der Waals surface area contributed by atoms with Crippen LogP contribution in [0.25, 0.3) is 0 Å². The van der Waals surface area contributed by atoms with E-state index in [0.717, 1.165) is 44.4 Å². The van der Waals surface area contributed by atoms with Gasteiger partial charge in [-0.15, -0.1) is 0 Å². The number of rotatable bonds is 4. The van der Waals surface area contributed by atoms with Gasteiger partial charge in [-0.25, -0.2) is 4.79 Å². The van der Waals surface area contributed by atoms with Gasteiger partial charge >= 0.3 is 5.97 Å². The van der Waals surface area contributed by atoms with Gasteiger partial charge in [0.1, 0.15) is 0 Å². The van der Waals surface area contributed by atoms with Crippen molar-refractivity contribution in [2.45, 2.75) is 70.3 Å². The molecule has 30 heavy (non-hydrogen) atoms. The highest BCUT2D eigenvalue weighted by Gasteiger charge is 2.76. The molecule has 0 unspecified atom stereocenters. The number of fused-ring (bicyclic) bond motifs is 7. The second-order valence-electron chi connectivity index (χ2n) is 11.4. The second-order valence-corrected chi connectivity index (χ2v) is 11.4. The van der Waals surface area contributed by atoms with Crippen LogP contribution in [0.2, 0.25) is 0 Å². The van der Waals surface area contributed by atoms with Crippen molar-refractivity contribution in [1.29, 1.82) is 0 Å². The van der Waals surface area contributed by atoms with E-state index in [4.69, 9.17) is 0 Å². The molecule has 9 atom stereocenters. The molecule has 0 aromatic rings. The quantitative estimate of drug-likeness (QED) is 0.675. The lowest BCUT2D eigenvalue weighted by Crippen LogP contribution is -2.57. The Morgan fingerprint density at radius 2 is 2.00 bits per heavy atom. The van der Waals surface area contributed by atoms with Crippen molar-refractivity contribution in [1.82, 2.24) is 0 Å². The number of ketones is 1. The standard InChI is InChI=1S/C26H34O4/c1-2-25-9-7-18-17-6-5-16(27)11-15(17)12-19(14-3-4-14)23(18)24(25)20-13-21(20)26(25,30)10-8-22(28)29/h8,10-11,14,17-21,23-24,30H,2-7,9,12-13H2,1H3,(H,28,29)/b10-8-/t17-,18+,19+,20-,21+,23-,24-,25-,26-/m0/s1. The summed E-state index contributed by atoms with van der Waals surface area (Å²) < 4.78 is 0. The third kappa shape index (κ3) is 2.43. The van der Waals surface area contributed by atoms with E-state index >= 15 is 0 Å². The van der Waals surface area contributed by atoms with Gasteiger partial charge in [0.2, 0.25) is 0 Å². The molecular formula is C26H34O4. The largest absolute Gasteiger partial charge is 0.478 e. The molecule has 0 heterocycles. The molecular weight excluding hydrogens is 376 g/mol. The fraction of sp³-hybridized carbons (Fsp3) is 0.769. The van der Waals surface area contributed by atoms with Crippen LogP contribution in [-0.2, 0) is 9.59 Å². The van der Waals surface area contributed by atoms with Crippen LogP contribution in [0, 0.1) is 52.8 Å². The Bertz CT molecular complexity index is 853. The number of carbonyl (C=O) groups excluding carboxylic acids is 1. The molecule has 0 aliphatic heterocycles. The highest BCUT2D eigenvalue weighted by Crippen LogP contribution is 2.78. The summed E-state index contributed by atoms with van der Waals surface area (Å²) >= 11 is 0. The van der Waals surface area contributed by atoms with Crippen LogP contribution in [0.1, 0.15) is 64.7 Å². The molecule has 0 aromatic carbocycles. The zero-order valence-corrected chi connectivity index (χ0v) is 17.9. The average molecular weight is 411 g/mol. The Hall–Kier alpha value is -1.42.